The Morgan fingerprint density at radius 2 is 2.30 bits per heavy atom. The van der Waals surface area contributed by atoms with Crippen molar-refractivity contribution >= 4 is 0 Å². The minimum atomic E-state index is -0.00740. The maximum absolute atomic E-state index is 5.82. The molecule has 1 N–H and O–H groups in total. The Labute approximate surface area is 119 Å². The maximum Gasteiger partial charge on any atom is 0.180 e. The monoisotopic (exact) mass is 280 g/mol. The summed E-state index contributed by atoms with van der Waals surface area (Å²) < 4.78 is 11.5. The summed E-state index contributed by atoms with van der Waals surface area (Å²) in [6.07, 6.45) is 4.79. The number of aromatic nitrogens is 3. The van der Waals surface area contributed by atoms with Gasteiger partial charge in [-0.05, 0) is 19.3 Å². The SMILES string of the molecule is CCCc1nc([C@@H]2CN(C[C@@H]3CCCO3)CCO2)n[nH]1. The topological polar surface area (TPSA) is 63.3 Å². The smallest absolute Gasteiger partial charge is 0.180 e. The van der Waals surface area contributed by atoms with Crippen LogP contribution in [0.3, 0.4) is 0 Å². The van der Waals surface area contributed by atoms with Gasteiger partial charge in [-0.1, -0.05) is 6.92 Å². The second-order valence-electron chi connectivity index (χ2n) is 5.64. The summed E-state index contributed by atoms with van der Waals surface area (Å²) in [5.41, 5.74) is 0. The number of ether oxygens (including phenoxy) is 2. The first-order valence-electron chi connectivity index (χ1n) is 7.72. The highest BCUT2D eigenvalue weighted by Crippen LogP contribution is 2.21. The van der Waals surface area contributed by atoms with Crippen molar-refractivity contribution in [1.29, 1.82) is 0 Å². The van der Waals surface area contributed by atoms with E-state index in [0.717, 1.165) is 57.3 Å². The standard InChI is InChI=1S/C14H24N4O2/c1-2-4-13-15-14(17-16-13)12-10-18(6-8-20-12)9-11-5-3-7-19-11/h11-12H,2-10H2,1H3,(H,15,16,17)/t11-,12-/m0/s1. The van der Waals surface area contributed by atoms with Gasteiger partial charge in [-0.25, -0.2) is 4.98 Å². The van der Waals surface area contributed by atoms with E-state index in [4.69, 9.17) is 9.47 Å². The van der Waals surface area contributed by atoms with Crippen LogP contribution in [-0.4, -0.2) is 59.0 Å². The van der Waals surface area contributed by atoms with E-state index >= 15 is 0 Å². The van der Waals surface area contributed by atoms with Crippen molar-refractivity contribution in [2.24, 2.45) is 0 Å². The number of aryl methyl sites for hydroxylation is 1. The largest absolute Gasteiger partial charge is 0.377 e. The molecule has 3 heterocycles. The van der Waals surface area contributed by atoms with E-state index in [9.17, 15) is 0 Å². The molecule has 2 atom stereocenters. The van der Waals surface area contributed by atoms with Gasteiger partial charge < -0.3 is 9.47 Å². The predicted octanol–water partition coefficient (Wildman–Crippen LogP) is 1.31. The van der Waals surface area contributed by atoms with Crippen molar-refractivity contribution in [1.82, 2.24) is 20.1 Å². The zero-order valence-electron chi connectivity index (χ0n) is 12.2. The minimum Gasteiger partial charge on any atom is -0.377 e. The van der Waals surface area contributed by atoms with Gasteiger partial charge in [0, 0.05) is 32.7 Å². The third-order valence-corrected chi connectivity index (χ3v) is 3.96. The average molecular weight is 280 g/mol. The number of nitrogens with one attached hydrogen (secondary N) is 1. The molecular formula is C14H24N4O2. The molecule has 2 aliphatic heterocycles. The Bertz CT molecular complexity index is 417. The highest BCUT2D eigenvalue weighted by atomic mass is 16.5. The Kier molecular flexibility index (Phi) is 4.65. The minimum absolute atomic E-state index is 0.00740. The first-order chi connectivity index (χ1) is 9.85. The van der Waals surface area contributed by atoms with Crippen molar-refractivity contribution in [2.75, 3.05) is 32.8 Å². The lowest BCUT2D eigenvalue weighted by atomic mass is 10.2. The highest BCUT2D eigenvalue weighted by Gasteiger charge is 2.28. The van der Waals surface area contributed by atoms with Gasteiger partial charge in [-0.2, -0.15) is 5.10 Å². The van der Waals surface area contributed by atoms with Crippen LogP contribution in [0.4, 0.5) is 0 Å². The summed E-state index contributed by atoms with van der Waals surface area (Å²) in [6.45, 7) is 6.65. The van der Waals surface area contributed by atoms with Crippen molar-refractivity contribution in [3.63, 3.8) is 0 Å². The number of morpholine rings is 1. The Morgan fingerprint density at radius 3 is 3.10 bits per heavy atom. The summed E-state index contributed by atoms with van der Waals surface area (Å²) in [6, 6.07) is 0. The molecule has 0 saturated carbocycles. The fraction of sp³-hybridized carbons (Fsp3) is 0.857. The first-order valence-corrected chi connectivity index (χ1v) is 7.72. The van der Waals surface area contributed by atoms with Crippen molar-refractivity contribution in [3.8, 4) is 0 Å². The van der Waals surface area contributed by atoms with Gasteiger partial charge in [0.2, 0.25) is 0 Å². The van der Waals surface area contributed by atoms with Crippen LogP contribution >= 0.6 is 0 Å². The molecule has 1 aromatic heterocycles. The summed E-state index contributed by atoms with van der Waals surface area (Å²) in [5.74, 6) is 1.76. The second kappa shape index (κ2) is 6.65. The highest BCUT2D eigenvalue weighted by molar-refractivity contribution is 4.97. The van der Waals surface area contributed by atoms with Crippen LogP contribution in [-0.2, 0) is 15.9 Å². The molecule has 0 radical (unpaired) electrons. The van der Waals surface area contributed by atoms with E-state index < -0.39 is 0 Å². The van der Waals surface area contributed by atoms with Crippen molar-refractivity contribution in [2.45, 2.75) is 44.8 Å². The first kappa shape index (κ1) is 14.0. The lowest BCUT2D eigenvalue weighted by Gasteiger charge is -2.32. The number of H-pyrrole nitrogens is 1. The molecule has 0 aliphatic carbocycles. The van der Waals surface area contributed by atoms with Crippen LogP contribution in [0.15, 0.2) is 0 Å². The molecule has 3 rings (SSSR count). The molecule has 112 valence electrons. The van der Waals surface area contributed by atoms with E-state index in [2.05, 4.69) is 27.0 Å². The van der Waals surface area contributed by atoms with Crippen LogP contribution < -0.4 is 0 Å². The Morgan fingerprint density at radius 1 is 1.35 bits per heavy atom. The molecular weight excluding hydrogens is 256 g/mol. The van der Waals surface area contributed by atoms with Gasteiger partial charge in [0.15, 0.2) is 5.82 Å². The summed E-state index contributed by atoms with van der Waals surface area (Å²) in [7, 11) is 0. The second-order valence-corrected chi connectivity index (χ2v) is 5.64. The van der Waals surface area contributed by atoms with Crippen molar-refractivity contribution < 1.29 is 9.47 Å². The number of rotatable bonds is 5. The third kappa shape index (κ3) is 3.37. The molecule has 6 nitrogen and oxygen atoms in total. The van der Waals surface area contributed by atoms with Crippen LogP contribution in [0.5, 0.6) is 0 Å². The molecule has 1 aromatic rings. The average Bonchev–Trinajstić information content (AvgIpc) is 3.11. The fourth-order valence-electron chi connectivity index (χ4n) is 2.90. The van der Waals surface area contributed by atoms with E-state index in [1.54, 1.807) is 0 Å². The molecule has 6 heteroatoms. The van der Waals surface area contributed by atoms with Gasteiger partial charge in [0.05, 0.1) is 12.7 Å². The van der Waals surface area contributed by atoms with E-state index in [0.29, 0.717) is 6.10 Å². The lowest BCUT2D eigenvalue weighted by molar-refractivity contribution is -0.0481. The Hall–Kier alpha value is -0.980. The van der Waals surface area contributed by atoms with Crippen LogP contribution in [0.1, 0.15) is 43.9 Å². The summed E-state index contributed by atoms with van der Waals surface area (Å²) in [5, 5.41) is 7.31. The lowest BCUT2D eigenvalue weighted by Crippen LogP contribution is -2.42. The van der Waals surface area contributed by atoms with Gasteiger partial charge in [-0.15, -0.1) is 0 Å². The van der Waals surface area contributed by atoms with Gasteiger partial charge in [0.25, 0.3) is 0 Å². The van der Waals surface area contributed by atoms with Gasteiger partial charge >= 0.3 is 0 Å². The Balaban J connectivity index is 1.56. The number of aromatic amines is 1. The van der Waals surface area contributed by atoms with Gasteiger partial charge in [0.1, 0.15) is 11.9 Å². The van der Waals surface area contributed by atoms with Gasteiger partial charge in [-0.3, -0.25) is 10.00 Å². The van der Waals surface area contributed by atoms with E-state index in [1.807, 2.05) is 0 Å². The molecule has 2 aliphatic rings. The summed E-state index contributed by atoms with van der Waals surface area (Å²) >= 11 is 0. The predicted molar refractivity (Wildman–Crippen MR) is 74.5 cm³/mol. The zero-order valence-corrected chi connectivity index (χ0v) is 12.2. The molecule has 0 spiro atoms. The molecule has 20 heavy (non-hydrogen) atoms. The molecule has 0 bridgehead atoms. The van der Waals surface area contributed by atoms with Crippen LogP contribution in [0.25, 0.3) is 0 Å². The van der Waals surface area contributed by atoms with Crippen molar-refractivity contribution in [3.05, 3.63) is 11.6 Å². The molecule has 0 unspecified atom stereocenters. The molecule has 0 aromatic carbocycles. The van der Waals surface area contributed by atoms with E-state index in [1.165, 1.54) is 12.8 Å². The molecule has 2 saturated heterocycles. The normalized spacial score (nSPS) is 28.1. The fourth-order valence-corrected chi connectivity index (χ4v) is 2.90. The zero-order chi connectivity index (χ0) is 13.8. The summed E-state index contributed by atoms with van der Waals surface area (Å²) in [4.78, 5) is 6.96. The number of nitrogens with zero attached hydrogens (tertiary/aromatic N) is 3. The van der Waals surface area contributed by atoms with Crippen LogP contribution in [0, 0.1) is 0 Å². The maximum atomic E-state index is 5.82. The third-order valence-electron chi connectivity index (χ3n) is 3.96. The molecule has 2 fully saturated rings. The van der Waals surface area contributed by atoms with E-state index in [-0.39, 0.29) is 6.10 Å². The number of hydrogen-bond donors (Lipinski definition) is 1. The number of hydrogen-bond acceptors (Lipinski definition) is 5. The molecule has 0 amide bonds. The van der Waals surface area contributed by atoms with Crippen LogP contribution in [0.2, 0.25) is 0 Å². The quantitative estimate of drug-likeness (QED) is 0.881.